The second kappa shape index (κ2) is 4.61. The van der Waals surface area contributed by atoms with E-state index in [2.05, 4.69) is 9.97 Å². The Hall–Kier alpha value is -2.56. The van der Waals surface area contributed by atoms with Crippen LogP contribution in [0.3, 0.4) is 0 Å². The highest BCUT2D eigenvalue weighted by molar-refractivity contribution is 5.47. The highest BCUT2D eigenvalue weighted by Crippen LogP contribution is 2.21. The minimum Gasteiger partial charge on any atom is -0.487 e. The minimum absolute atomic E-state index is 0.411. The highest BCUT2D eigenvalue weighted by atomic mass is 16.5. The van der Waals surface area contributed by atoms with Crippen LogP contribution in [-0.2, 0) is 6.61 Å². The molecule has 2 heterocycles. The number of nitrogens with two attached hydrogens (primary N) is 1. The van der Waals surface area contributed by atoms with E-state index in [1.807, 2.05) is 48.0 Å². The largest absolute Gasteiger partial charge is 0.487 e. The molecule has 0 aliphatic carbocycles. The number of nitrogens with zero attached hydrogens (tertiary/aromatic N) is 3. The monoisotopic (exact) mass is 254 g/mol. The number of aryl methyl sites for hydroxylation is 1. The quantitative estimate of drug-likeness (QED) is 0.728. The van der Waals surface area contributed by atoms with Crippen LogP contribution in [-0.4, -0.2) is 14.4 Å². The average Bonchev–Trinajstić information content (AvgIpc) is 2.80. The first kappa shape index (κ1) is 11.5. The van der Waals surface area contributed by atoms with Crippen molar-refractivity contribution in [3.63, 3.8) is 0 Å². The van der Waals surface area contributed by atoms with Gasteiger partial charge < -0.3 is 10.5 Å². The molecule has 19 heavy (non-hydrogen) atoms. The Labute approximate surface area is 110 Å². The highest BCUT2D eigenvalue weighted by Gasteiger charge is 2.04. The molecule has 3 aromatic rings. The zero-order valence-electron chi connectivity index (χ0n) is 10.6. The Morgan fingerprint density at radius 3 is 3.05 bits per heavy atom. The smallest absolute Gasteiger partial charge is 0.234 e. The van der Waals surface area contributed by atoms with Gasteiger partial charge in [0, 0.05) is 24.3 Å². The molecule has 0 fully saturated rings. The summed E-state index contributed by atoms with van der Waals surface area (Å²) in [6.45, 7) is 2.38. The molecule has 3 rings (SSSR count). The van der Waals surface area contributed by atoms with Crippen molar-refractivity contribution in [3.05, 3.63) is 54.1 Å². The van der Waals surface area contributed by atoms with E-state index >= 15 is 0 Å². The molecule has 0 saturated carbocycles. The second-order valence-corrected chi connectivity index (χ2v) is 4.37. The summed E-state index contributed by atoms with van der Waals surface area (Å²) in [6, 6.07) is 7.45. The van der Waals surface area contributed by atoms with Crippen LogP contribution in [0.4, 0.5) is 5.69 Å². The lowest BCUT2D eigenvalue weighted by atomic mass is 10.2. The van der Waals surface area contributed by atoms with Gasteiger partial charge in [-0.05, 0) is 36.8 Å². The van der Waals surface area contributed by atoms with Crippen LogP contribution in [0.25, 0.3) is 5.78 Å². The normalized spacial score (nSPS) is 10.8. The van der Waals surface area contributed by atoms with E-state index in [0.717, 1.165) is 22.7 Å². The number of ether oxygens (including phenoxy) is 1. The zero-order valence-corrected chi connectivity index (χ0v) is 10.6. The lowest BCUT2D eigenvalue weighted by Gasteiger charge is -2.07. The van der Waals surface area contributed by atoms with E-state index < -0.39 is 0 Å². The first-order valence-electron chi connectivity index (χ1n) is 6.00. The summed E-state index contributed by atoms with van der Waals surface area (Å²) in [7, 11) is 0. The van der Waals surface area contributed by atoms with Crippen LogP contribution in [0.15, 0.2) is 42.9 Å². The van der Waals surface area contributed by atoms with E-state index in [4.69, 9.17) is 10.5 Å². The Bertz CT molecular complexity index is 687. The third-order valence-electron chi connectivity index (χ3n) is 2.86. The number of hydrogen-bond donors (Lipinski definition) is 1. The van der Waals surface area contributed by atoms with Gasteiger partial charge in [0.1, 0.15) is 12.4 Å². The maximum Gasteiger partial charge on any atom is 0.234 e. The molecule has 0 saturated heterocycles. The molecule has 96 valence electrons. The number of aromatic nitrogens is 3. The summed E-state index contributed by atoms with van der Waals surface area (Å²) < 4.78 is 7.62. The van der Waals surface area contributed by atoms with Crippen LogP contribution in [0.2, 0.25) is 0 Å². The number of nitrogen functional groups attached to an aromatic ring is 1. The van der Waals surface area contributed by atoms with Crippen LogP contribution < -0.4 is 10.5 Å². The standard InChI is InChI=1S/C14H14N4O/c1-10-7-11(15)3-4-13(10)19-9-12-8-18-6-2-5-16-14(18)17-12/h2-8H,9,15H2,1H3. The molecule has 0 aliphatic heterocycles. The lowest BCUT2D eigenvalue weighted by molar-refractivity contribution is 0.300. The maximum atomic E-state index is 5.75. The Morgan fingerprint density at radius 1 is 1.37 bits per heavy atom. The maximum absolute atomic E-state index is 5.75. The minimum atomic E-state index is 0.411. The molecule has 1 aromatic carbocycles. The number of fused-ring (bicyclic) bond motifs is 1. The Balaban J connectivity index is 1.78. The van der Waals surface area contributed by atoms with Crippen LogP contribution >= 0.6 is 0 Å². The summed E-state index contributed by atoms with van der Waals surface area (Å²) in [5, 5.41) is 0. The third-order valence-corrected chi connectivity index (χ3v) is 2.86. The second-order valence-electron chi connectivity index (χ2n) is 4.37. The topological polar surface area (TPSA) is 65.4 Å². The fourth-order valence-electron chi connectivity index (χ4n) is 1.94. The molecular weight excluding hydrogens is 240 g/mol. The van der Waals surface area contributed by atoms with Gasteiger partial charge in [-0.3, -0.25) is 4.40 Å². The van der Waals surface area contributed by atoms with Gasteiger partial charge in [0.05, 0.1) is 5.69 Å². The zero-order chi connectivity index (χ0) is 13.2. The van der Waals surface area contributed by atoms with E-state index in [9.17, 15) is 0 Å². The number of imidazole rings is 1. The fourth-order valence-corrected chi connectivity index (χ4v) is 1.94. The number of anilines is 1. The van der Waals surface area contributed by atoms with Crippen molar-refractivity contribution in [1.82, 2.24) is 14.4 Å². The Kier molecular flexibility index (Phi) is 2.79. The van der Waals surface area contributed by atoms with Gasteiger partial charge in [0.25, 0.3) is 0 Å². The predicted molar refractivity (Wildman–Crippen MR) is 72.9 cm³/mol. The van der Waals surface area contributed by atoms with Gasteiger partial charge in [-0.15, -0.1) is 0 Å². The van der Waals surface area contributed by atoms with Crippen LogP contribution in [0.1, 0.15) is 11.3 Å². The van der Waals surface area contributed by atoms with Crippen molar-refractivity contribution >= 4 is 11.5 Å². The van der Waals surface area contributed by atoms with Gasteiger partial charge in [0.15, 0.2) is 0 Å². The summed E-state index contributed by atoms with van der Waals surface area (Å²) in [5.74, 6) is 1.49. The van der Waals surface area contributed by atoms with Gasteiger partial charge in [-0.25, -0.2) is 9.97 Å². The van der Waals surface area contributed by atoms with E-state index in [0.29, 0.717) is 12.4 Å². The predicted octanol–water partition coefficient (Wildman–Crippen LogP) is 2.20. The van der Waals surface area contributed by atoms with Crippen molar-refractivity contribution in [1.29, 1.82) is 0 Å². The van der Waals surface area contributed by atoms with Gasteiger partial charge >= 0.3 is 0 Å². The van der Waals surface area contributed by atoms with Crippen molar-refractivity contribution in [2.24, 2.45) is 0 Å². The molecule has 0 spiro atoms. The molecule has 0 atom stereocenters. The molecule has 5 heteroatoms. The number of benzene rings is 1. The lowest BCUT2D eigenvalue weighted by Crippen LogP contribution is -1.98. The van der Waals surface area contributed by atoms with Crippen molar-refractivity contribution < 1.29 is 4.74 Å². The van der Waals surface area contributed by atoms with Gasteiger partial charge in [0.2, 0.25) is 5.78 Å². The average molecular weight is 254 g/mol. The SMILES string of the molecule is Cc1cc(N)ccc1OCc1cn2cccnc2n1. The molecule has 0 aliphatic rings. The molecule has 0 amide bonds. The van der Waals surface area contributed by atoms with Crippen LogP contribution in [0, 0.1) is 6.92 Å². The first-order chi connectivity index (χ1) is 9.22. The molecule has 2 aromatic heterocycles. The fraction of sp³-hybridized carbons (Fsp3) is 0.143. The number of hydrogen-bond acceptors (Lipinski definition) is 4. The Morgan fingerprint density at radius 2 is 2.26 bits per heavy atom. The third kappa shape index (κ3) is 2.35. The molecule has 0 radical (unpaired) electrons. The van der Waals surface area contributed by atoms with E-state index in [1.165, 1.54) is 0 Å². The van der Waals surface area contributed by atoms with Crippen molar-refractivity contribution in [2.75, 3.05) is 5.73 Å². The van der Waals surface area contributed by atoms with E-state index in [1.54, 1.807) is 6.20 Å². The molecule has 5 nitrogen and oxygen atoms in total. The summed E-state index contributed by atoms with van der Waals surface area (Å²) in [4.78, 5) is 8.54. The molecular formula is C14H14N4O. The van der Waals surface area contributed by atoms with Gasteiger partial charge in [-0.1, -0.05) is 0 Å². The van der Waals surface area contributed by atoms with Crippen molar-refractivity contribution in [2.45, 2.75) is 13.5 Å². The van der Waals surface area contributed by atoms with Gasteiger partial charge in [-0.2, -0.15) is 0 Å². The molecule has 2 N–H and O–H groups in total. The summed E-state index contributed by atoms with van der Waals surface area (Å²) in [5.41, 5.74) is 8.30. The summed E-state index contributed by atoms with van der Waals surface area (Å²) >= 11 is 0. The van der Waals surface area contributed by atoms with E-state index in [-0.39, 0.29) is 0 Å². The first-order valence-corrected chi connectivity index (χ1v) is 6.00. The molecule has 0 bridgehead atoms. The van der Waals surface area contributed by atoms with Crippen LogP contribution in [0.5, 0.6) is 5.75 Å². The van der Waals surface area contributed by atoms with Crippen molar-refractivity contribution in [3.8, 4) is 5.75 Å². The molecule has 0 unspecified atom stereocenters. The summed E-state index contributed by atoms with van der Waals surface area (Å²) in [6.07, 6.45) is 5.54. The number of rotatable bonds is 3.